The number of alkyl halides is 3. The average molecular weight is 391 g/mol. The van der Waals surface area contributed by atoms with Crippen LogP contribution in [0.4, 0.5) is 13.2 Å². The lowest BCUT2D eigenvalue weighted by Gasteiger charge is -2.09. The molecule has 0 bridgehead atoms. The largest absolute Gasteiger partial charge is 0.416 e. The number of nitrogens with zero attached hydrogens (tertiary/aromatic N) is 4. The van der Waals surface area contributed by atoms with Crippen molar-refractivity contribution >= 4 is 16.9 Å². The van der Waals surface area contributed by atoms with E-state index in [1.54, 1.807) is 0 Å². The van der Waals surface area contributed by atoms with E-state index in [1.165, 1.54) is 29.3 Å². The Balaban J connectivity index is 1.63. The average Bonchev–Trinajstić information content (AvgIpc) is 3.39. The number of benzene rings is 1. The lowest BCUT2D eigenvalue weighted by molar-refractivity contribution is -0.137. The molecule has 1 aromatic carbocycles. The summed E-state index contributed by atoms with van der Waals surface area (Å²) in [4.78, 5) is 28.7. The molecule has 1 aliphatic rings. The van der Waals surface area contributed by atoms with Gasteiger partial charge in [-0.05, 0) is 37.0 Å². The fourth-order valence-corrected chi connectivity index (χ4v) is 2.85. The van der Waals surface area contributed by atoms with Gasteiger partial charge in [-0.2, -0.15) is 18.3 Å². The van der Waals surface area contributed by atoms with E-state index >= 15 is 0 Å². The minimum Gasteiger partial charge on any atom is -0.354 e. The minimum absolute atomic E-state index is 0.120. The minimum atomic E-state index is -4.49. The maximum Gasteiger partial charge on any atom is 0.416 e. The molecule has 0 aliphatic heterocycles. The van der Waals surface area contributed by atoms with Gasteiger partial charge in [0.1, 0.15) is 18.3 Å². The van der Waals surface area contributed by atoms with Crippen LogP contribution in [0.3, 0.4) is 0 Å². The zero-order valence-corrected chi connectivity index (χ0v) is 14.6. The number of fused-ring (bicyclic) bond motifs is 1. The van der Waals surface area contributed by atoms with Crippen LogP contribution in [-0.2, 0) is 17.5 Å². The maximum atomic E-state index is 12.9. The molecule has 1 saturated carbocycles. The van der Waals surface area contributed by atoms with Gasteiger partial charge in [0, 0.05) is 6.54 Å². The molecule has 2 aromatic heterocycles. The molecule has 4 rings (SSSR count). The Hall–Kier alpha value is -3.17. The first-order valence-electron chi connectivity index (χ1n) is 8.70. The standard InChI is InChI=1S/C18H16F3N5O2/c19-18(20,21)12-2-1-3-13(6-12)26-16-14(8-24-26)17(28)25(10-23-16)9-15(27)22-7-11-4-5-11/h1-3,6,8,10-11H,4-5,7,9H2,(H,22,27). The molecule has 0 saturated heterocycles. The topological polar surface area (TPSA) is 81.8 Å². The Morgan fingerprint density at radius 2 is 2.07 bits per heavy atom. The number of aromatic nitrogens is 4. The first kappa shape index (κ1) is 18.2. The van der Waals surface area contributed by atoms with Crippen LogP contribution in [0.1, 0.15) is 18.4 Å². The van der Waals surface area contributed by atoms with Crippen molar-refractivity contribution in [2.24, 2.45) is 5.92 Å². The summed E-state index contributed by atoms with van der Waals surface area (Å²) >= 11 is 0. The molecule has 0 atom stereocenters. The summed E-state index contributed by atoms with van der Waals surface area (Å²) in [6, 6.07) is 4.60. The van der Waals surface area contributed by atoms with Crippen LogP contribution < -0.4 is 10.9 Å². The van der Waals surface area contributed by atoms with E-state index in [9.17, 15) is 22.8 Å². The molecule has 2 heterocycles. The molecule has 1 N–H and O–H groups in total. The lowest BCUT2D eigenvalue weighted by Crippen LogP contribution is -2.33. The first-order valence-corrected chi connectivity index (χ1v) is 8.70. The van der Waals surface area contributed by atoms with E-state index < -0.39 is 17.3 Å². The number of nitrogens with one attached hydrogen (secondary N) is 1. The molecule has 0 spiro atoms. The van der Waals surface area contributed by atoms with E-state index in [0.717, 1.165) is 29.5 Å². The fourth-order valence-electron chi connectivity index (χ4n) is 2.85. The van der Waals surface area contributed by atoms with Crippen molar-refractivity contribution in [3.05, 3.63) is 52.7 Å². The summed E-state index contributed by atoms with van der Waals surface area (Å²) in [6.45, 7) is 0.417. The van der Waals surface area contributed by atoms with Crippen LogP contribution in [0.15, 0.2) is 41.6 Å². The molecule has 3 aromatic rings. The van der Waals surface area contributed by atoms with Gasteiger partial charge >= 0.3 is 6.18 Å². The van der Waals surface area contributed by atoms with Crippen molar-refractivity contribution in [2.75, 3.05) is 6.54 Å². The summed E-state index contributed by atoms with van der Waals surface area (Å²) in [6.07, 6.45) is 0.147. The summed E-state index contributed by atoms with van der Waals surface area (Å²) in [7, 11) is 0. The van der Waals surface area contributed by atoms with Gasteiger partial charge in [0.2, 0.25) is 5.91 Å². The highest BCUT2D eigenvalue weighted by atomic mass is 19.4. The van der Waals surface area contributed by atoms with E-state index in [0.29, 0.717) is 12.5 Å². The fraction of sp³-hybridized carbons (Fsp3) is 0.333. The number of carbonyl (C=O) groups excluding carboxylic acids is 1. The molecule has 1 amide bonds. The first-order chi connectivity index (χ1) is 13.3. The SMILES string of the molecule is O=C(Cn1cnc2c(cnn2-c2cccc(C(F)(F)F)c2)c1=O)NCC1CC1. The van der Waals surface area contributed by atoms with E-state index in [1.807, 2.05) is 0 Å². The Kier molecular flexibility index (Phi) is 4.40. The third-order valence-corrected chi connectivity index (χ3v) is 4.57. The van der Waals surface area contributed by atoms with Crippen LogP contribution in [0, 0.1) is 5.92 Å². The van der Waals surface area contributed by atoms with Crippen molar-refractivity contribution < 1.29 is 18.0 Å². The predicted molar refractivity (Wildman–Crippen MR) is 93.9 cm³/mol. The highest BCUT2D eigenvalue weighted by Gasteiger charge is 2.30. The van der Waals surface area contributed by atoms with Gasteiger partial charge in [0.25, 0.3) is 5.56 Å². The Morgan fingerprint density at radius 1 is 1.29 bits per heavy atom. The number of amides is 1. The zero-order chi connectivity index (χ0) is 19.9. The molecule has 1 aliphatic carbocycles. The smallest absolute Gasteiger partial charge is 0.354 e. The molecule has 7 nitrogen and oxygen atoms in total. The van der Waals surface area contributed by atoms with Gasteiger partial charge in [-0.25, -0.2) is 9.67 Å². The number of rotatable bonds is 5. The Bertz CT molecular complexity index is 1100. The monoisotopic (exact) mass is 391 g/mol. The number of carbonyl (C=O) groups is 1. The van der Waals surface area contributed by atoms with Crippen molar-refractivity contribution in [3.8, 4) is 5.69 Å². The summed E-state index contributed by atoms with van der Waals surface area (Å²) in [5, 5.41) is 6.90. The second-order valence-electron chi connectivity index (χ2n) is 6.77. The molecule has 0 radical (unpaired) electrons. The summed E-state index contributed by atoms with van der Waals surface area (Å²) < 4.78 is 41.2. The molecule has 10 heteroatoms. The number of hydrogen-bond acceptors (Lipinski definition) is 4. The van der Waals surface area contributed by atoms with Crippen LogP contribution in [0.2, 0.25) is 0 Å². The quantitative estimate of drug-likeness (QED) is 0.723. The van der Waals surface area contributed by atoms with E-state index in [4.69, 9.17) is 0 Å². The van der Waals surface area contributed by atoms with Crippen LogP contribution in [0.25, 0.3) is 16.7 Å². The second-order valence-corrected chi connectivity index (χ2v) is 6.77. The number of hydrogen-bond donors (Lipinski definition) is 1. The molecular weight excluding hydrogens is 375 g/mol. The maximum absolute atomic E-state index is 12.9. The zero-order valence-electron chi connectivity index (χ0n) is 14.6. The van der Waals surface area contributed by atoms with Gasteiger partial charge in [0.15, 0.2) is 5.65 Å². The van der Waals surface area contributed by atoms with Crippen molar-refractivity contribution in [1.82, 2.24) is 24.6 Å². The normalized spacial score (nSPS) is 14.4. The van der Waals surface area contributed by atoms with Gasteiger partial charge in [-0.3, -0.25) is 14.2 Å². The summed E-state index contributed by atoms with van der Waals surface area (Å²) in [5.41, 5.74) is -1.05. The van der Waals surface area contributed by atoms with Gasteiger partial charge in [-0.1, -0.05) is 6.07 Å². The van der Waals surface area contributed by atoms with Gasteiger partial charge in [0.05, 0.1) is 17.4 Å². The van der Waals surface area contributed by atoms with Crippen LogP contribution >= 0.6 is 0 Å². The van der Waals surface area contributed by atoms with Crippen molar-refractivity contribution in [1.29, 1.82) is 0 Å². The molecule has 0 unspecified atom stereocenters. The Labute approximate surface area is 156 Å². The lowest BCUT2D eigenvalue weighted by atomic mass is 10.2. The van der Waals surface area contributed by atoms with Crippen LogP contribution in [0.5, 0.6) is 0 Å². The summed E-state index contributed by atoms with van der Waals surface area (Å²) in [5.74, 6) is 0.229. The van der Waals surface area contributed by atoms with Crippen molar-refractivity contribution in [2.45, 2.75) is 25.6 Å². The third-order valence-electron chi connectivity index (χ3n) is 4.57. The predicted octanol–water partition coefficient (Wildman–Crippen LogP) is 2.13. The second kappa shape index (κ2) is 6.77. The molecular formula is C18H16F3N5O2. The van der Waals surface area contributed by atoms with Gasteiger partial charge in [-0.15, -0.1) is 0 Å². The number of halogens is 3. The molecule has 28 heavy (non-hydrogen) atoms. The highest BCUT2D eigenvalue weighted by Crippen LogP contribution is 2.30. The molecule has 146 valence electrons. The van der Waals surface area contributed by atoms with Crippen LogP contribution in [-0.4, -0.2) is 31.8 Å². The highest BCUT2D eigenvalue weighted by molar-refractivity contribution is 5.77. The third kappa shape index (κ3) is 3.62. The van der Waals surface area contributed by atoms with E-state index in [-0.39, 0.29) is 29.2 Å². The van der Waals surface area contributed by atoms with Crippen molar-refractivity contribution in [3.63, 3.8) is 0 Å². The molecule has 1 fully saturated rings. The van der Waals surface area contributed by atoms with Gasteiger partial charge < -0.3 is 5.32 Å². The van der Waals surface area contributed by atoms with E-state index in [2.05, 4.69) is 15.4 Å². The Morgan fingerprint density at radius 3 is 2.79 bits per heavy atom.